The highest BCUT2D eigenvalue weighted by atomic mass is 35.5. The van der Waals surface area contributed by atoms with E-state index in [4.69, 9.17) is 11.6 Å². The van der Waals surface area contributed by atoms with E-state index >= 15 is 0 Å². The fraction of sp³-hybridized carbons (Fsp3) is 0.133. The molecule has 2 aromatic carbocycles. The Kier molecular flexibility index (Phi) is 4.14. The molecule has 0 aliphatic carbocycles. The number of rotatable bonds is 2. The second kappa shape index (κ2) is 5.67. The number of benzene rings is 2. The maximum atomic E-state index is 12.5. The van der Waals surface area contributed by atoms with Gasteiger partial charge >= 0.3 is 6.18 Å². The molecule has 0 saturated heterocycles. The minimum absolute atomic E-state index is 0.160. The first-order valence-electron chi connectivity index (χ1n) is 5.85. The zero-order chi connectivity index (χ0) is 14.8. The van der Waals surface area contributed by atoms with Crippen LogP contribution in [0.15, 0.2) is 53.5 Å². The second-order valence-corrected chi connectivity index (χ2v) is 4.62. The van der Waals surface area contributed by atoms with E-state index in [0.717, 1.165) is 17.7 Å². The Morgan fingerprint density at radius 1 is 1.00 bits per heavy atom. The summed E-state index contributed by atoms with van der Waals surface area (Å²) in [5.74, 6) is 0. The zero-order valence-electron chi connectivity index (χ0n) is 10.6. The van der Waals surface area contributed by atoms with E-state index in [1.54, 1.807) is 6.07 Å². The van der Waals surface area contributed by atoms with Crippen LogP contribution in [0.2, 0.25) is 0 Å². The first-order chi connectivity index (χ1) is 9.38. The van der Waals surface area contributed by atoms with Crippen LogP contribution in [0, 0.1) is 6.92 Å². The van der Waals surface area contributed by atoms with Crippen molar-refractivity contribution in [2.45, 2.75) is 13.1 Å². The predicted molar refractivity (Wildman–Crippen MR) is 74.7 cm³/mol. The van der Waals surface area contributed by atoms with Gasteiger partial charge in [-0.05, 0) is 30.7 Å². The van der Waals surface area contributed by atoms with Gasteiger partial charge in [0.2, 0.25) is 0 Å². The van der Waals surface area contributed by atoms with Gasteiger partial charge in [-0.2, -0.15) is 13.2 Å². The molecule has 2 rings (SSSR count). The van der Waals surface area contributed by atoms with Crippen LogP contribution in [-0.4, -0.2) is 5.17 Å². The Morgan fingerprint density at radius 3 is 2.15 bits per heavy atom. The molecule has 0 unspecified atom stereocenters. The van der Waals surface area contributed by atoms with Crippen molar-refractivity contribution in [2.24, 2.45) is 4.99 Å². The normalized spacial score (nSPS) is 12.6. The molecule has 0 heterocycles. The Balaban J connectivity index is 2.30. The largest absolute Gasteiger partial charge is 0.416 e. The molecule has 0 spiro atoms. The van der Waals surface area contributed by atoms with E-state index in [-0.39, 0.29) is 5.17 Å². The highest BCUT2D eigenvalue weighted by Gasteiger charge is 2.30. The predicted octanol–water partition coefficient (Wildman–Crippen LogP) is 5.33. The summed E-state index contributed by atoms with van der Waals surface area (Å²) < 4.78 is 37.4. The molecule has 0 N–H and O–H groups in total. The highest BCUT2D eigenvalue weighted by molar-refractivity contribution is 6.69. The molecular formula is C15H11ClF3N. The molecule has 20 heavy (non-hydrogen) atoms. The molecule has 0 radical (unpaired) electrons. The monoisotopic (exact) mass is 297 g/mol. The maximum Gasteiger partial charge on any atom is 0.416 e. The maximum absolute atomic E-state index is 12.5. The highest BCUT2D eigenvalue weighted by Crippen LogP contribution is 2.29. The lowest BCUT2D eigenvalue weighted by Crippen LogP contribution is -2.05. The molecule has 0 bridgehead atoms. The van der Waals surface area contributed by atoms with Crippen LogP contribution in [0.4, 0.5) is 18.9 Å². The van der Waals surface area contributed by atoms with Crippen LogP contribution in [0.3, 0.4) is 0 Å². The SMILES string of the molecule is Cc1ccccc1N=C(Cl)c1ccc(C(F)(F)F)cc1. The van der Waals surface area contributed by atoms with Crippen molar-refractivity contribution in [3.8, 4) is 0 Å². The van der Waals surface area contributed by atoms with Crippen LogP contribution in [-0.2, 0) is 6.18 Å². The third-order valence-electron chi connectivity index (χ3n) is 2.78. The van der Waals surface area contributed by atoms with Gasteiger partial charge in [0, 0.05) is 5.56 Å². The Hall–Kier alpha value is -1.81. The van der Waals surface area contributed by atoms with E-state index in [2.05, 4.69) is 4.99 Å². The fourth-order valence-electron chi connectivity index (χ4n) is 1.66. The summed E-state index contributed by atoms with van der Waals surface area (Å²) in [6.45, 7) is 1.88. The molecule has 0 fully saturated rings. The van der Waals surface area contributed by atoms with E-state index in [0.29, 0.717) is 11.3 Å². The number of para-hydroxylation sites is 1. The van der Waals surface area contributed by atoms with Gasteiger partial charge in [0.05, 0.1) is 11.3 Å². The quantitative estimate of drug-likeness (QED) is 0.664. The Labute approximate surface area is 119 Å². The van der Waals surface area contributed by atoms with Crippen LogP contribution in [0.5, 0.6) is 0 Å². The molecule has 0 aliphatic rings. The van der Waals surface area contributed by atoms with Gasteiger partial charge < -0.3 is 0 Å². The molecule has 0 saturated carbocycles. The van der Waals surface area contributed by atoms with Crippen LogP contribution in [0.1, 0.15) is 16.7 Å². The second-order valence-electron chi connectivity index (χ2n) is 4.26. The van der Waals surface area contributed by atoms with Crippen LogP contribution in [0.25, 0.3) is 0 Å². The van der Waals surface area contributed by atoms with Gasteiger partial charge in [-0.1, -0.05) is 41.9 Å². The van der Waals surface area contributed by atoms with Crippen LogP contribution < -0.4 is 0 Å². The molecule has 0 atom stereocenters. The minimum atomic E-state index is -4.35. The molecule has 104 valence electrons. The van der Waals surface area contributed by atoms with Crippen molar-refractivity contribution in [3.05, 3.63) is 65.2 Å². The number of aliphatic imine (C=N–C) groups is 1. The number of aryl methyl sites for hydroxylation is 1. The van der Waals surface area contributed by atoms with Crippen LogP contribution >= 0.6 is 11.6 Å². The van der Waals surface area contributed by atoms with Crippen molar-refractivity contribution in [2.75, 3.05) is 0 Å². The molecule has 0 amide bonds. The van der Waals surface area contributed by atoms with Gasteiger partial charge in [0.15, 0.2) is 0 Å². The van der Waals surface area contributed by atoms with Crippen molar-refractivity contribution >= 4 is 22.5 Å². The molecular weight excluding hydrogens is 287 g/mol. The van der Waals surface area contributed by atoms with Crippen molar-refractivity contribution in [1.82, 2.24) is 0 Å². The topological polar surface area (TPSA) is 12.4 Å². The van der Waals surface area contributed by atoms with Gasteiger partial charge in [-0.25, -0.2) is 4.99 Å². The summed E-state index contributed by atoms with van der Waals surface area (Å²) in [5.41, 5.74) is 1.37. The Morgan fingerprint density at radius 2 is 1.60 bits per heavy atom. The van der Waals surface area contributed by atoms with Gasteiger partial charge in [-0.3, -0.25) is 0 Å². The number of nitrogens with zero attached hydrogens (tertiary/aromatic N) is 1. The third-order valence-corrected chi connectivity index (χ3v) is 3.09. The number of hydrogen-bond donors (Lipinski definition) is 0. The lowest BCUT2D eigenvalue weighted by molar-refractivity contribution is -0.137. The summed E-state index contributed by atoms with van der Waals surface area (Å²) in [6, 6.07) is 12.0. The van der Waals surface area contributed by atoms with Crippen molar-refractivity contribution in [3.63, 3.8) is 0 Å². The van der Waals surface area contributed by atoms with E-state index in [1.165, 1.54) is 12.1 Å². The standard InChI is InChI=1S/C15H11ClF3N/c1-10-4-2-3-5-13(10)20-14(16)11-6-8-12(9-7-11)15(17,18)19/h2-9H,1H3. The van der Waals surface area contributed by atoms with Crippen molar-refractivity contribution in [1.29, 1.82) is 0 Å². The lowest BCUT2D eigenvalue weighted by atomic mass is 10.1. The van der Waals surface area contributed by atoms with Crippen molar-refractivity contribution < 1.29 is 13.2 Å². The number of hydrogen-bond acceptors (Lipinski definition) is 1. The van der Waals surface area contributed by atoms with Gasteiger partial charge in [0.1, 0.15) is 5.17 Å². The van der Waals surface area contributed by atoms with Gasteiger partial charge in [-0.15, -0.1) is 0 Å². The molecule has 1 nitrogen and oxygen atoms in total. The first-order valence-corrected chi connectivity index (χ1v) is 6.23. The van der Waals surface area contributed by atoms with Gasteiger partial charge in [0.25, 0.3) is 0 Å². The fourth-order valence-corrected chi connectivity index (χ4v) is 1.87. The summed E-state index contributed by atoms with van der Waals surface area (Å²) >= 11 is 6.05. The number of halogens is 4. The average Bonchev–Trinajstić information content (AvgIpc) is 2.40. The smallest absolute Gasteiger partial charge is 0.236 e. The summed E-state index contributed by atoms with van der Waals surface area (Å²) in [6.07, 6.45) is -4.35. The summed E-state index contributed by atoms with van der Waals surface area (Å²) in [7, 11) is 0. The van der Waals surface area contributed by atoms with E-state index < -0.39 is 11.7 Å². The zero-order valence-corrected chi connectivity index (χ0v) is 11.3. The summed E-state index contributed by atoms with van der Waals surface area (Å²) in [5, 5.41) is 0.160. The number of alkyl halides is 3. The minimum Gasteiger partial charge on any atom is -0.236 e. The molecule has 2 aromatic rings. The molecule has 0 aliphatic heterocycles. The van der Waals surface area contributed by atoms with E-state index in [1.807, 2.05) is 25.1 Å². The van der Waals surface area contributed by atoms with E-state index in [9.17, 15) is 13.2 Å². The average molecular weight is 298 g/mol. The third kappa shape index (κ3) is 3.39. The molecule has 0 aromatic heterocycles. The Bertz CT molecular complexity index is 630. The summed E-state index contributed by atoms with van der Waals surface area (Å²) in [4.78, 5) is 4.22. The molecule has 5 heteroatoms. The lowest BCUT2D eigenvalue weighted by Gasteiger charge is -2.07. The first kappa shape index (κ1) is 14.6.